The number of nitriles is 1. The molecule has 1 aromatic rings. The van der Waals surface area contributed by atoms with Gasteiger partial charge in [-0.15, -0.1) is 0 Å². The highest BCUT2D eigenvalue weighted by Crippen LogP contribution is 2.18. The van der Waals surface area contributed by atoms with Crippen LogP contribution in [0, 0.1) is 11.3 Å². The number of rotatable bonds is 1. The van der Waals surface area contributed by atoms with Crippen LogP contribution in [-0.4, -0.2) is 42.5 Å². The molecule has 1 aromatic heterocycles. The lowest BCUT2D eigenvalue weighted by molar-refractivity contribution is -0.127. The maximum atomic E-state index is 11.8. The Hall–Kier alpha value is -2.09. The summed E-state index contributed by atoms with van der Waals surface area (Å²) in [7, 11) is 1.80. The summed E-state index contributed by atoms with van der Waals surface area (Å²) < 4.78 is 0. The summed E-state index contributed by atoms with van der Waals surface area (Å²) in [5.74, 6) is 0.677. The van der Waals surface area contributed by atoms with Gasteiger partial charge in [-0.25, -0.2) is 4.98 Å². The van der Waals surface area contributed by atoms with E-state index in [4.69, 9.17) is 5.26 Å². The van der Waals surface area contributed by atoms with Crippen molar-refractivity contribution in [3.05, 3.63) is 23.9 Å². The molecular formula is C12H14N4O. The van der Waals surface area contributed by atoms with E-state index in [1.54, 1.807) is 30.3 Å². The molecule has 2 heterocycles. The molecule has 1 aliphatic heterocycles. The summed E-state index contributed by atoms with van der Waals surface area (Å²) in [5, 5.41) is 9.03. The van der Waals surface area contributed by atoms with Crippen LogP contribution < -0.4 is 4.90 Å². The lowest BCUT2D eigenvalue weighted by Crippen LogP contribution is -2.35. The number of carbonyl (C=O) groups excluding carboxylic acids is 1. The molecule has 17 heavy (non-hydrogen) atoms. The second kappa shape index (κ2) is 4.83. The van der Waals surface area contributed by atoms with Crippen molar-refractivity contribution >= 4 is 11.7 Å². The van der Waals surface area contributed by atoms with E-state index in [1.807, 2.05) is 4.90 Å². The minimum atomic E-state index is 0.0667. The molecule has 0 bridgehead atoms. The summed E-state index contributed by atoms with van der Waals surface area (Å²) in [6.45, 7) is 1.80. The zero-order valence-corrected chi connectivity index (χ0v) is 9.76. The number of carbonyl (C=O) groups is 1. The quantitative estimate of drug-likeness (QED) is 0.709. The first kappa shape index (κ1) is 11.4. The number of likely N-dealkylation sites (N-methyl/N-ethyl adjacent to an activating group) is 1. The highest BCUT2D eigenvalue weighted by molar-refractivity contribution is 5.81. The Bertz CT molecular complexity index is 466. The third kappa shape index (κ3) is 2.36. The van der Waals surface area contributed by atoms with E-state index in [0.29, 0.717) is 17.9 Å². The van der Waals surface area contributed by atoms with E-state index in [-0.39, 0.29) is 5.91 Å². The zero-order valence-electron chi connectivity index (χ0n) is 9.76. The van der Waals surface area contributed by atoms with Crippen LogP contribution in [0.2, 0.25) is 0 Å². The first-order valence-corrected chi connectivity index (χ1v) is 5.56. The molecule has 5 nitrogen and oxygen atoms in total. The molecule has 0 saturated carbocycles. The minimum Gasteiger partial charge on any atom is -0.346 e. The number of anilines is 1. The molecule has 1 aliphatic rings. The number of nitrogens with zero attached hydrogens (tertiary/aromatic N) is 4. The van der Waals surface area contributed by atoms with Crippen molar-refractivity contribution in [3.8, 4) is 6.07 Å². The smallest absolute Gasteiger partial charge is 0.241 e. The van der Waals surface area contributed by atoms with Crippen LogP contribution in [-0.2, 0) is 4.79 Å². The van der Waals surface area contributed by atoms with Crippen LogP contribution in [0.15, 0.2) is 18.3 Å². The van der Waals surface area contributed by atoms with Crippen molar-refractivity contribution in [2.75, 3.05) is 31.6 Å². The lowest BCUT2D eigenvalue weighted by Gasteiger charge is -2.21. The average molecular weight is 230 g/mol. The molecule has 88 valence electrons. The van der Waals surface area contributed by atoms with Crippen LogP contribution in [0.1, 0.15) is 12.0 Å². The van der Waals surface area contributed by atoms with Gasteiger partial charge >= 0.3 is 0 Å². The van der Waals surface area contributed by atoms with E-state index in [1.165, 1.54) is 0 Å². The van der Waals surface area contributed by atoms with Gasteiger partial charge in [-0.3, -0.25) is 4.79 Å². The Kier molecular flexibility index (Phi) is 3.24. The van der Waals surface area contributed by atoms with Gasteiger partial charge in [-0.05, 0) is 18.6 Å². The topological polar surface area (TPSA) is 60.2 Å². The fourth-order valence-electron chi connectivity index (χ4n) is 1.90. The highest BCUT2D eigenvalue weighted by atomic mass is 16.2. The summed E-state index contributed by atoms with van der Waals surface area (Å²) in [6.07, 6.45) is 2.54. The SMILES string of the molecule is CN1CCCN(c2ncccc2C#N)CC1=O. The third-order valence-electron chi connectivity index (χ3n) is 2.88. The van der Waals surface area contributed by atoms with Gasteiger partial charge in [-0.2, -0.15) is 5.26 Å². The molecule has 0 atom stereocenters. The fourth-order valence-corrected chi connectivity index (χ4v) is 1.90. The van der Waals surface area contributed by atoms with Crippen molar-refractivity contribution in [1.82, 2.24) is 9.88 Å². The molecule has 1 saturated heterocycles. The van der Waals surface area contributed by atoms with Crippen LogP contribution >= 0.6 is 0 Å². The Morgan fingerprint density at radius 3 is 3.06 bits per heavy atom. The van der Waals surface area contributed by atoms with Gasteiger partial charge in [0.1, 0.15) is 11.9 Å². The largest absolute Gasteiger partial charge is 0.346 e. The van der Waals surface area contributed by atoms with Crippen LogP contribution in [0.5, 0.6) is 0 Å². The van der Waals surface area contributed by atoms with Gasteiger partial charge in [0.15, 0.2) is 0 Å². The Balaban J connectivity index is 2.27. The van der Waals surface area contributed by atoms with E-state index in [9.17, 15) is 4.79 Å². The zero-order chi connectivity index (χ0) is 12.3. The molecular weight excluding hydrogens is 216 g/mol. The third-order valence-corrected chi connectivity index (χ3v) is 2.88. The Morgan fingerprint density at radius 1 is 1.47 bits per heavy atom. The maximum Gasteiger partial charge on any atom is 0.241 e. The number of aromatic nitrogens is 1. The molecule has 0 radical (unpaired) electrons. The molecule has 0 unspecified atom stereocenters. The first-order valence-electron chi connectivity index (χ1n) is 5.56. The number of pyridine rings is 1. The van der Waals surface area contributed by atoms with Crippen molar-refractivity contribution in [2.24, 2.45) is 0 Å². The van der Waals surface area contributed by atoms with E-state index < -0.39 is 0 Å². The van der Waals surface area contributed by atoms with Crippen molar-refractivity contribution in [1.29, 1.82) is 5.26 Å². The Labute approximate surface area is 100 Å². The lowest BCUT2D eigenvalue weighted by atomic mass is 10.2. The van der Waals surface area contributed by atoms with Crippen LogP contribution in [0.3, 0.4) is 0 Å². The monoisotopic (exact) mass is 230 g/mol. The molecule has 1 fully saturated rings. The molecule has 0 aromatic carbocycles. The molecule has 0 spiro atoms. The number of hydrogen-bond acceptors (Lipinski definition) is 4. The van der Waals surface area contributed by atoms with Gasteiger partial charge in [0, 0.05) is 26.3 Å². The highest BCUT2D eigenvalue weighted by Gasteiger charge is 2.21. The van der Waals surface area contributed by atoms with Gasteiger partial charge in [0.2, 0.25) is 5.91 Å². The minimum absolute atomic E-state index is 0.0667. The molecule has 0 N–H and O–H groups in total. The number of hydrogen-bond donors (Lipinski definition) is 0. The van der Waals surface area contributed by atoms with E-state index >= 15 is 0 Å². The van der Waals surface area contributed by atoms with Gasteiger partial charge < -0.3 is 9.80 Å². The predicted octanol–water partition coefficient (Wildman–Crippen LogP) is 0.622. The van der Waals surface area contributed by atoms with E-state index in [2.05, 4.69) is 11.1 Å². The van der Waals surface area contributed by atoms with Crippen molar-refractivity contribution < 1.29 is 4.79 Å². The molecule has 5 heteroatoms. The molecule has 2 rings (SSSR count). The second-order valence-corrected chi connectivity index (χ2v) is 4.08. The first-order chi connectivity index (χ1) is 8.22. The van der Waals surface area contributed by atoms with Crippen LogP contribution in [0.25, 0.3) is 0 Å². The predicted molar refractivity (Wildman–Crippen MR) is 63.4 cm³/mol. The van der Waals surface area contributed by atoms with Gasteiger partial charge in [0.25, 0.3) is 0 Å². The van der Waals surface area contributed by atoms with Gasteiger partial charge in [-0.1, -0.05) is 0 Å². The van der Waals surface area contributed by atoms with E-state index in [0.717, 1.165) is 19.5 Å². The van der Waals surface area contributed by atoms with Crippen molar-refractivity contribution in [2.45, 2.75) is 6.42 Å². The summed E-state index contributed by atoms with van der Waals surface area (Å²) in [4.78, 5) is 19.6. The summed E-state index contributed by atoms with van der Waals surface area (Å²) in [5.41, 5.74) is 0.518. The average Bonchev–Trinajstić information content (AvgIpc) is 2.52. The van der Waals surface area contributed by atoms with Gasteiger partial charge in [0.05, 0.1) is 12.1 Å². The fraction of sp³-hybridized carbons (Fsp3) is 0.417. The number of amides is 1. The maximum absolute atomic E-state index is 11.8. The van der Waals surface area contributed by atoms with Crippen LogP contribution in [0.4, 0.5) is 5.82 Å². The molecule has 1 amide bonds. The normalized spacial score (nSPS) is 16.6. The second-order valence-electron chi connectivity index (χ2n) is 4.08. The van der Waals surface area contributed by atoms with Crippen molar-refractivity contribution in [3.63, 3.8) is 0 Å². The summed E-state index contributed by atoms with van der Waals surface area (Å²) >= 11 is 0. The molecule has 0 aliphatic carbocycles. The standard InChI is InChI=1S/C12H14N4O/c1-15-6-3-7-16(9-11(15)17)12-10(8-13)4-2-5-14-12/h2,4-5H,3,6-7,9H2,1H3. The Morgan fingerprint density at radius 2 is 2.29 bits per heavy atom. The summed E-state index contributed by atoms with van der Waals surface area (Å²) in [6, 6.07) is 5.56.